The van der Waals surface area contributed by atoms with Crippen LogP contribution in [0.25, 0.3) is 0 Å². The summed E-state index contributed by atoms with van der Waals surface area (Å²) in [6.07, 6.45) is 3.60. The fourth-order valence-electron chi connectivity index (χ4n) is 3.49. The van der Waals surface area contributed by atoms with Gasteiger partial charge in [0, 0.05) is 50.8 Å². The van der Waals surface area contributed by atoms with Gasteiger partial charge in [-0.15, -0.1) is 0 Å². The van der Waals surface area contributed by atoms with Gasteiger partial charge in [0.05, 0.1) is 12.2 Å². The number of ether oxygens (including phenoxy) is 1. The van der Waals surface area contributed by atoms with Crippen LogP contribution < -0.4 is 0 Å². The van der Waals surface area contributed by atoms with Gasteiger partial charge in [-0.2, -0.15) is 0 Å². The van der Waals surface area contributed by atoms with E-state index in [1.807, 2.05) is 17.0 Å². The second kappa shape index (κ2) is 8.35. The number of carbonyl (C=O) groups excluding carboxylic acids is 2. The predicted octanol–water partition coefficient (Wildman–Crippen LogP) is 2.16. The summed E-state index contributed by atoms with van der Waals surface area (Å²) < 4.78 is 5.10. The van der Waals surface area contributed by atoms with E-state index in [-0.39, 0.29) is 11.9 Å². The number of H-pyrrole nitrogens is 1. The van der Waals surface area contributed by atoms with Gasteiger partial charge in [-0.05, 0) is 44.0 Å². The molecule has 3 rings (SSSR count). The quantitative estimate of drug-likeness (QED) is 0.816. The molecule has 1 fully saturated rings. The van der Waals surface area contributed by atoms with Crippen molar-refractivity contribution >= 4 is 11.9 Å². The van der Waals surface area contributed by atoms with E-state index in [4.69, 9.17) is 4.74 Å². The van der Waals surface area contributed by atoms with E-state index in [0.717, 1.165) is 19.6 Å². The van der Waals surface area contributed by atoms with Crippen LogP contribution in [0.3, 0.4) is 0 Å². The Morgan fingerprint density at radius 2 is 1.81 bits per heavy atom. The SMILES string of the molecule is CCOC(=O)c1c(C)[nH]c(C(=O)N2CCN(Cc3ccncc3)CC2)c1C. The molecule has 2 aromatic rings. The minimum absolute atomic E-state index is 0.0605. The summed E-state index contributed by atoms with van der Waals surface area (Å²) in [4.78, 5) is 36.4. The second-order valence-corrected chi connectivity index (χ2v) is 6.77. The number of aromatic nitrogens is 2. The number of nitrogens with zero attached hydrogens (tertiary/aromatic N) is 3. The Morgan fingerprint density at radius 3 is 2.44 bits per heavy atom. The van der Waals surface area contributed by atoms with Crippen LogP contribution in [-0.4, -0.2) is 64.4 Å². The van der Waals surface area contributed by atoms with Crippen molar-refractivity contribution in [1.29, 1.82) is 0 Å². The molecule has 1 amide bonds. The van der Waals surface area contributed by atoms with E-state index in [0.29, 0.717) is 42.2 Å². The molecule has 27 heavy (non-hydrogen) atoms. The number of aromatic amines is 1. The number of pyridine rings is 1. The van der Waals surface area contributed by atoms with Crippen LogP contribution in [0, 0.1) is 13.8 Å². The molecular formula is C20H26N4O3. The van der Waals surface area contributed by atoms with Gasteiger partial charge in [-0.25, -0.2) is 4.79 Å². The van der Waals surface area contributed by atoms with E-state index in [9.17, 15) is 9.59 Å². The Balaban J connectivity index is 1.64. The van der Waals surface area contributed by atoms with Crippen LogP contribution in [0.15, 0.2) is 24.5 Å². The monoisotopic (exact) mass is 370 g/mol. The molecule has 0 unspecified atom stereocenters. The maximum atomic E-state index is 12.9. The standard InChI is InChI=1S/C20H26N4O3/c1-4-27-20(26)17-14(2)18(22-15(17)3)19(25)24-11-9-23(10-12-24)13-16-5-7-21-8-6-16/h5-8,22H,4,9-13H2,1-3H3. The van der Waals surface area contributed by atoms with Gasteiger partial charge in [-0.3, -0.25) is 14.7 Å². The first kappa shape index (κ1) is 19.1. The van der Waals surface area contributed by atoms with Gasteiger partial charge < -0.3 is 14.6 Å². The third-order valence-corrected chi connectivity index (χ3v) is 4.95. The molecule has 1 aliphatic rings. The molecule has 0 saturated carbocycles. The van der Waals surface area contributed by atoms with Crippen molar-refractivity contribution in [2.24, 2.45) is 0 Å². The largest absolute Gasteiger partial charge is 0.462 e. The average Bonchev–Trinajstić information content (AvgIpc) is 2.97. The number of aryl methyl sites for hydroxylation is 1. The third-order valence-electron chi connectivity index (χ3n) is 4.95. The van der Waals surface area contributed by atoms with Gasteiger partial charge in [0.2, 0.25) is 0 Å². The Hall–Kier alpha value is -2.67. The predicted molar refractivity (Wildman–Crippen MR) is 102 cm³/mol. The van der Waals surface area contributed by atoms with Crippen molar-refractivity contribution in [1.82, 2.24) is 19.8 Å². The molecule has 2 aromatic heterocycles. The fraction of sp³-hybridized carbons (Fsp3) is 0.450. The molecule has 1 saturated heterocycles. The normalized spacial score (nSPS) is 15.0. The summed E-state index contributed by atoms with van der Waals surface area (Å²) in [6, 6.07) is 4.03. The summed E-state index contributed by atoms with van der Waals surface area (Å²) in [5.74, 6) is -0.445. The van der Waals surface area contributed by atoms with Gasteiger partial charge in [0.15, 0.2) is 0 Å². The number of esters is 1. The molecule has 144 valence electrons. The number of hydrogen-bond donors (Lipinski definition) is 1. The topological polar surface area (TPSA) is 78.5 Å². The zero-order valence-electron chi connectivity index (χ0n) is 16.1. The Kier molecular flexibility index (Phi) is 5.91. The first-order valence-corrected chi connectivity index (χ1v) is 9.28. The molecule has 0 radical (unpaired) electrons. The number of rotatable bonds is 5. The van der Waals surface area contributed by atoms with Crippen molar-refractivity contribution < 1.29 is 14.3 Å². The van der Waals surface area contributed by atoms with Crippen LogP contribution in [0.2, 0.25) is 0 Å². The minimum Gasteiger partial charge on any atom is -0.462 e. The third kappa shape index (κ3) is 4.19. The van der Waals surface area contributed by atoms with E-state index in [2.05, 4.69) is 14.9 Å². The van der Waals surface area contributed by atoms with Crippen LogP contribution in [0.5, 0.6) is 0 Å². The lowest BCUT2D eigenvalue weighted by Gasteiger charge is -2.34. The van der Waals surface area contributed by atoms with E-state index in [1.165, 1.54) is 5.56 Å². The molecule has 0 atom stereocenters. The Morgan fingerprint density at radius 1 is 1.15 bits per heavy atom. The average molecular weight is 370 g/mol. The highest BCUT2D eigenvalue weighted by Crippen LogP contribution is 2.21. The Labute approximate surface area is 159 Å². The summed E-state index contributed by atoms with van der Waals surface area (Å²) in [5, 5.41) is 0. The summed E-state index contributed by atoms with van der Waals surface area (Å²) in [5.41, 5.74) is 3.51. The second-order valence-electron chi connectivity index (χ2n) is 6.77. The van der Waals surface area contributed by atoms with Crippen molar-refractivity contribution in [3.05, 3.63) is 52.6 Å². The van der Waals surface area contributed by atoms with Crippen LogP contribution >= 0.6 is 0 Å². The highest BCUT2D eigenvalue weighted by Gasteiger charge is 2.28. The van der Waals surface area contributed by atoms with Gasteiger partial charge in [-0.1, -0.05) is 0 Å². The minimum atomic E-state index is -0.384. The number of nitrogens with one attached hydrogen (secondary N) is 1. The molecule has 7 nitrogen and oxygen atoms in total. The van der Waals surface area contributed by atoms with Crippen LogP contribution in [-0.2, 0) is 11.3 Å². The zero-order valence-corrected chi connectivity index (χ0v) is 16.1. The number of amides is 1. The highest BCUT2D eigenvalue weighted by atomic mass is 16.5. The van der Waals surface area contributed by atoms with Crippen molar-refractivity contribution in [3.63, 3.8) is 0 Å². The molecular weight excluding hydrogens is 344 g/mol. The lowest BCUT2D eigenvalue weighted by Crippen LogP contribution is -2.48. The zero-order chi connectivity index (χ0) is 19.4. The van der Waals surface area contributed by atoms with Crippen molar-refractivity contribution in [3.8, 4) is 0 Å². The van der Waals surface area contributed by atoms with E-state index < -0.39 is 0 Å². The van der Waals surface area contributed by atoms with E-state index in [1.54, 1.807) is 33.2 Å². The molecule has 3 heterocycles. The molecule has 7 heteroatoms. The molecule has 0 spiro atoms. The smallest absolute Gasteiger partial charge is 0.340 e. The molecule has 0 aliphatic carbocycles. The molecule has 1 N–H and O–H groups in total. The van der Waals surface area contributed by atoms with Crippen molar-refractivity contribution in [2.45, 2.75) is 27.3 Å². The lowest BCUT2D eigenvalue weighted by atomic mass is 10.1. The lowest BCUT2D eigenvalue weighted by molar-refractivity contribution is 0.0525. The van der Waals surface area contributed by atoms with Crippen molar-refractivity contribution in [2.75, 3.05) is 32.8 Å². The summed E-state index contributed by atoms with van der Waals surface area (Å²) >= 11 is 0. The number of carbonyl (C=O) groups is 2. The van der Waals surface area contributed by atoms with Crippen LogP contribution in [0.4, 0.5) is 0 Å². The first-order valence-electron chi connectivity index (χ1n) is 9.28. The molecule has 0 bridgehead atoms. The highest BCUT2D eigenvalue weighted by molar-refractivity contribution is 6.00. The van der Waals surface area contributed by atoms with Crippen LogP contribution in [0.1, 0.15) is 44.6 Å². The molecule has 0 aromatic carbocycles. The first-order chi connectivity index (χ1) is 13.0. The van der Waals surface area contributed by atoms with Gasteiger partial charge in [0.1, 0.15) is 5.69 Å². The summed E-state index contributed by atoms with van der Waals surface area (Å²) in [6.45, 7) is 9.49. The number of hydrogen-bond acceptors (Lipinski definition) is 5. The number of piperazine rings is 1. The van der Waals surface area contributed by atoms with E-state index >= 15 is 0 Å². The fourth-order valence-corrected chi connectivity index (χ4v) is 3.49. The molecule has 1 aliphatic heterocycles. The maximum Gasteiger partial charge on any atom is 0.340 e. The maximum absolute atomic E-state index is 12.9. The Bertz CT molecular complexity index is 808. The van der Waals surface area contributed by atoms with Gasteiger partial charge in [0.25, 0.3) is 5.91 Å². The van der Waals surface area contributed by atoms with Gasteiger partial charge >= 0.3 is 5.97 Å². The summed E-state index contributed by atoms with van der Waals surface area (Å²) in [7, 11) is 0.